The molecule has 0 radical (unpaired) electrons. The van der Waals surface area contributed by atoms with Gasteiger partial charge >= 0.3 is 0 Å². The van der Waals surface area contributed by atoms with Crippen molar-refractivity contribution in [2.24, 2.45) is 11.7 Å². The maximum absolute atomic E-state index is 13.3. The molecular weight excluding hydrogens is 410 g/mol. The first-order valence-electron chi connectivity index (χ1n) is 10.9. The number of nitrogens with one attached hydrogen (secondary N) is 1. The molecule has 1 aliphatic carbocycles. The third-order valence-corrected chi connectivity index (χ3v) is 7.29. The van der Waals surface area contributed by atoms with Crippen LogP contribution >= 0.6 is 0 Å². The summed E-state index contributed by atoms with van der Waals surface area (Å²) in [6, 6.07) is 8.55. The third kappa shape index (κ3) is 2.83. The first kappa shape index (κ1) is 19.3. The van der Waals surface area contributed by atoms with Gasteiger partial charge in [0.15, 0.2) is 5.82 Å². The molecule has 2 amide bonds. The van der Waals surface area contributed by atoms with E-state index in [9.17, 15) is 14.9 Å². The van der Waals surface area contributed by atoms with Crippen molar-refractivity contribution >= 4 is 17.5 Å². The van der Waals surface area contributed by atoms with Crippen LogP contribution < -0.4 is 10.6 Å². The molecule has 164 valence electrons. The quantitative estimate of drug-likeness (QED) is 0.641. The van der Waals surface area contributed by atoms with Gasteiger partial charge in [0.2, 0.25) is 11.8 Å². The van der Waals surface area contributed by atoms with E-state index in [1.165, 1.54) is 0 Å². The number of hydrogen-bond acceptors (Lipinski definition) is 8. The lowest BCUT2D eigenvalue weighted by atomic mass is 10.1. The number of nitriles is 1. The van der Waals surface area contributed by atoms with E-state index >= 15 is 0 Å². The predicted octanol–water partition coefficient (Wildman–Crippen LogP) is -0.504. The van der Waals surface area contributed by atoms with Gasteiger partial charge in [-0.3, -0.25) is 14.5 Å². The molecule has 4 heterocycles. The summed E-state index contributed by atoms with van der Waals surface area (Å²) in [6.45, 7) is 0.966. The third-order valence-electron chi connectivity index (χ3n) is 7.29. The number of piperazine rings is 1. The standard InChI is InChI=1S/C21H23N9O2/c22-8-12-5-11-6-17(11)29(12)20(31)15(23)10-28-9-13-7-18(28)21(32)30(13)16-4-2-1-3-14(16)19-24-26-27-25-19/h1-4,11-13,15,17-18H,5-7,9-10,23H2,(H,24,25,26,27)/t11?,12-,13-,15-,17-,18-/m0/s1. The molecule has 4 aliphatic rings. The Morgan fingerprint density at radius 1 is 1.31 bits per heavy atom. The minimum Gasteiger partial charge on any atom is -0.322 e. The second-order valence-electron chi connectivity index (χ2n) is 9.13. The Kier molecular flexibility index (Phi) is 4.28. The van der Waals surface area contributed by atoms with Crippen molar-refractivity contribution in [2.75, 3.05) is 18.0 Å². The Labute approximate surface area is 184 Å². The number of aromatic amines is 1. The number of anilines is 1. The SMILES string of the molecule is N#C[C@@H]1CC2C[C@@H]2N1C(=O)[C@@H](N)CN1C[C@@H]2C[C@H]1C(=O)N2c1ccccc1-c1nnn[nH]1. The number of benzene rings is 1. The van der Waals surface area contributed by atoms with Crippen LogP contribution in [0.15, 0.2) is 24.3 Å². The number of likely N-dealkylation sites (tertiary alicyclic amines) is 2. The van der Waals surface area contributed by atoms with E-state index in [0.717, 1.165) is 24.1 Å². The van der Waals surface area contributed by atoms with Gasteiger partial charge in [-0.25, -0.2) is 5.10 Å². The van der Waals surface area contributed by atoms with Crippen molar-refractivity contribution in [3.63, 3.8) is 0 Å². The maximum Gasteiger partial charge on any atom is 0.244 e. The highest BCUT2D eigenvalue weighted by molar-refractivity contribution is 6.04. The highest BCUT2D eigenvalue weighted by Gasteiger charge is 2.56. The molecule has 11 heteroatoms. The fourth-order valence-electron chi connectivity index (χ4n) is 5.75. The Morgan fingerprint density at radius 3 is 2.91 bits per heavy atom. The fourth-order valence-corrected chi connectivity index (χ4v) is 5.75. The Bertz CT molecular complexity index is 1110. The molecule has 2 bridgehead atoms. The average molecular weight is 433 g/mol. The zero-order valence-electron chi connectivity index (χ0n) is 17.3. The molecule has 3 N–H and O–H groups in total. The topological polar surface area (TPSA) is 148 Å². The number of para-hydroxylation sites is 1. The van der Waals surface area contributed by atoms with E-state index in [-0.39, 0.29) is 36.0 Å². The number of aromatic nitrogens is 4. The molecule has 0 spiro atoms. The van der Waals surface area contributed by atoms with E-state index in [2.05, 4.69) is 26.7 Å². The summed E-state index contributed by atoms with van der Waals surface area (Å²) in [7, 11) is 0. The number of amides is 2. The molecule has 3 aliphatic heterocycles. The number of hydrogen-bond donors (Lipinski definition) is 2. The first-order valence-corrected chi connectivity index (χ1v) is 10.9. The van der Waals surface area contributed by atoms with Crippen molar-refractivity contribution in [2.45, 2.75) is 49.5 Å². The summed E-state index contributed by atoms with van der Waals surface area (Å²) in [5.41, 5.74) is 7.84. The first-order chi connectivity index (χ1) is 15.6. The summed E-state index contributed by atoms with van der Waals surface area (Å²) in [6.07, 6.45) is 2.41. The van der Waals surface area contributed by atoms with Crippen LogP contribution in [0.4, 0.5) is 5.69 Å². The lowest BCUT2D eigenvalue weighted by molar-refractivity contribution is -0.135. The van der Waals surface area contributed by atoms with Gasteiger partial charge in [-0.1, -0.05) is 12.1 Å². The van der Waals surface area contributed by atoms with Crippen LogP contribution in [0.1, 0.15) is 19.3 Å². The number of fused-ring (bicyclic) bond motifs is 3. The van der Waals surface area contributed by atoms with Crippen LogP contribution in [-0.4, -0.2) is 85.5 Å². The van der Waals surface area contributed by atoms with Gasteiger partial charge in [0, 0.05) is 24.7 Å². The van der Waals surface area contributed by atoms with Crippen LogP contribution in [0.5, 0.6) is 0 Å². The molecule has 1 aromatic heterocycles. The Balaban J connectivity index is 1.17. The van der Waals surface area contributed by atoms with Crippen LogP contribution in [0.2, 0.25) is 0 Å². The fraction of sp³-hybridized carbons (Fsp3) is 0.524. The molecule has 6 rings (SSSR count). The molecule has 4 fully saturated rings. The van der Waals surface area contributed by atoms with E-state index in [0.29, 0.717) is 31.3 Å². The molecule has 3 saturated heterocycles. The number of H-pyrrole nitrogens is 1. The minimum absolute atomic E-state index is 0.000783. The van der Waals surface area contributed by atoms with Crippen molar-refractivity contribution in [3.8, 4) is 17.5 Å². The number of piperidine rings is 1. The zero-order chi connectivity index (χ0) is 22.0. The monoisotopic (exact) mass is 433 g/mol. The second kappa shape index (κ2) is 7.08. The van der Waals surface area contributed by atoms with Crippen LogP contribution in [0.3, 0.4) is 0 Å². The molecule has 32 heavy (non-hydrogen) atoms. The van der Waals surface area contributed by atoms with Gasteiger partial charge in [-0.2, -0.15) is 5.26 Å². The molecule has 11 nitrogen and oxygen atoms in total. The largest absolute Gasteiger partial charge is 0.322 e. The number of rotatable bonds is 5. The smallest absolute Gasteiger partial charge is 0.244 e. The summed E-state index contributed by atoms with van der Waals surface area (Å²) in [4.78, 5) is 31.8. The van der Waals surface area contributed by atoms with E-state index in [4.69, 9.17) is 5.73 Å². The van der Waals surface area contributed by atoms with E-state index in [1.807, 2.05) is 34.1 Å². The van der Waals surface area contributed by atoms with Crippen LogP contribution in [-0.2, 0) is 9.59 Å². The zero-order valence-corrected chi connectivity index (χ0v) is 17.3. The molecule has 6 atom stereocenters. The summed E-state index contributed by atoms with van der Waals surface area (Å²) in [5.74, 6) is 0.793. The maximum atomic E-state index is 13.3. The van der Waals surface area contributed by atoms with Gasteiger partial charge in [0.25, 0.3) is 0 Å². The highest BCUT2D eigenvalue weighted by atomic mass is 16.2. The minimum atomic E-state index is -0.738. The Hall–Kier alpha value is -3.36. The lowest BCUT2D eigenvalue weighted by Gasteiger charge is -2.36. The van der Waals surface area contributed by atoms with E-state index in [1.54, 1.807) is 4.90 Å². The van der Waals surface area contributed by atoms with Crippen molar-refractivity contribution in [1.82, 2.24) is 30.4 Å². The summed E-state index contributed by atoms with van der Waals surface area (Å²) in [5, 5.41) is 23.4. The number of tetrazole rings is 1. The molecule has 1 saturated carbocycles. The van der Waals surface area contributed by atoms with Crippen molar-refractivity contribution in [1.29, 1.82) is 5.26 Å². The number of carbonyl (C=O) groups is 2. The number of nitrogens with zero attached hydrogens (tertiary/aromatic N) is 7. The predicted molar refractivity (Wildman–Crippen MR) is 112 cm³/mol. The van der Waals surface area contributed by atoms with Crippen molar-refractivity contribution < 1.29 is 9.59 Å². The molecular formula is C21H23N9O2. The normalized spacial score (nSPS) is 31.6. The molecule has 1 aromatic carbocycles. The van der Waals surface area contributed by atoms with Gasteiger partial charge < -0.3 is 15.5 Å². The number of nitrogens with two attached hydrogens (primary N) is 1. The summed E-state index contributed by atoms with van der Waals surface area (Å²) < 4.78 is 0. The van der Waals surface area contributed by atoms with Crippen molar-refractivity contribution in [3.05, 3.63) is 24.3 Å². The number of carbonyl (C=O) groups excluding carboxylic acids is 2. The second-order valence-corrected chi connectivity index (χ2v) is 9.13. The molecule has 1 unspecified atom stereocenters. The van der Waals surface area contributed by atoms with Gasteiger partial charge in [0.1, 0.15) is 6.04 Å². The average Bonchev–Trinajstić information content (AvgIpc) is 3.25. The van der Waals surface area contributed by atoms with Crippen LogP contribution in [0, 0.1) is 17.2 Å². The van der Waals surface area contributed by atoms with Gasteiger partial charge in [-0.15, -0.1) is 5.10 Å². The lowest BCUT2D eigenvalue weighted by Crippen LogP contribution is -2.57. The Morgan fingerprint density at radius 2 is 2.16 bits per heavy atom. The highest BCUT2D eigenvalue weighted by Crippen LogP contribution is 2.48. The van der Waals surface area contributed by atoms with E-state index < -0.39 is 6.04 Å². The van der Waals surface area contributed by atoms with Gasteiger partial charge in [0.05, 0.1) is 29.9 Å². The summed E-state index contributed by atoms with van der Waals surface area (Å²) >= 11 is 0. The molecule has 2 aromatic rings. The van der Waals surface area contributed by atoms with Gasteiger partial charge in [-0.05, 0) is 47.7 Å². The van der Waals surface area contributed by atoms with Crippen LogP contribution in [0.25, 0.3) is 11.4 Å².